The summed E-state index contributed by atoms with van der Waals surface area (Å²) in [7, 11) is 0. The molecule has 0 aromatic carbocycles. The SMILES string of the molecule is C.C.CC.CC.CC.CC.CC(C)C12CC(C(C)C)(C1)C2.CC(C)C12CCC(C(C)C)(C1)C2.CC(C)C12CCC(C(C)C)(CC1)C2.CC(C)C12CCC(C(C)C)(CC1)CC2. The zero-order valence-corrected chi connectivity index (χ0v) is 45.3. The van der Waals surface area contributed by atoms with Gasteiger partial charge in [-0.25, -0.2) is 0 Å². The Kier molecular flexibility index (Phi) is 25.4. The van der Waals surface area contributed by atoms with E-state index >= 15 is 0 Å². The van der Waals surface area contributed by atoms with Crippen molar-refractivity contribution in [3.63, 3.8) is 0 Å². The third kappa shape index (κ3) is 11.9. The van der Waals surface area contributed by atoms with Crippen molar-refractivity contribution in [1.82, 2.24) is 0 Å². The molecule has 0 atom stereocenters. The van der Waals surface area contributed by atoms with E-state index in [-0.39, 0.29) is 14.9 Å². The number of hydrogen-bond donors (Lipinski definition) is 0. The first-order chi connectivity index (χ1) is 27.0. The fourth-order valence-corrected chi connectivity index (χ4v) is 14.6. The molecule has 0 heterocycles. The van der Waals surface area contributed by atoms with Gasteiger partial charge in [0, 0.05) is 0 Å². The molecule has 0 N–H and O–H groups in total. The molecule has 0 radical (unpaired) electrons. The van der Waals surface area contributed by atoms with E-state index < -0.39 is 0 Å². The predicted octanol–water partition coefficient (Wildman–Crippen LogP) is 21.6. The lowest BCUT2D eigenvalue weighted by Gasteiger charge is -2.75. The topological polar surface area (TPSA) is 0 Å². The van der Waals surface area contributed by atoms with Crippen molar-refractivity contribution in [3.8, 4) is 0 Å². The largest absolute Gasteiger partial charge is 0.0776 e. The van der Waals surface area contributed by atoms with Gasteiger partial charge in [-0.1, -0.05) is 181 Å². The maximum Gasteiger partial charge on any atom is -0.0258 e. The van der Waals surface area contributed by atoms with Gasteiger partial charge < -0.3 is 0 Å². The molecular formula is C60H124. The van der Waals surface area contributed by atoms with E-state index in [1.807, 2.05) is 55.4 Å². The molecule has 0 amide bonds. The highest BCUT2D eigenvalue weighted by Crippen LogP contribution is 2.78. The molecule has 0 saturated heterocycles. The lowest BCUT2D eigenvalue weighted by Crippen LogP contribution is -2.66. The van der Waals surface area contributed by atoms with Gasteiger partial charge in [0.1, 0.15) is 0 Å². The lowest BCUT2D eigenvalue weighted by atomic mass is 9.30. The molecule has 0 aromatic heterocycles. The smallest absolute Gasteiger partial charge is 0.0258 e. The molecule has 11 rings (SSSR count). The summed E-state index contributed by atoms with van der Waals surface area (Å²) >= 11 is 0. The quantitative estimate of drug-likeness (QED) is 0.228. The molecule has 60 heavy (non-hydrogen) atoms. The van der Waals surface area contributed by atoms with E-state index in [0.29, 0.717) is 0 Å². The first kappa shape index (κ1) is 62.1. The fraction of sp³-hybridized carbons (Fsp3) is 1.00. The van der Waals surface area contributed by atoms with E-state index in [4.69, 9.17) is 0 Å². The summed E-state index contributed by atoms with van der Waals surface area (Å²) in [6.07, 6.45) is 27.4. The minimum atomic E-state index is 0. The minimum Gasteiger partial charge on any atom is -0.0776 e. The van der Waals surface area contributed by atoms with Gasteiger partial charge in [0.2, 0.25) is 0 Å². The summed E-state index contributed by atoms with van der Waals surface area (Å²) in [6.45, 7) is 54.7. The molecule has 364 valence electrons. The Labute approximate surface area is 385 Å². The average Bonchev–Trinajstić information content (AvgIpc) is 3.96. The van der Waals surface area contributed by atoms with Gasteiger partial charge in [-0.3, -0.25) is 0 Å². The van der Waals surface area contributed by atoms with Gasteiger partial charge in [0.05, 0.1) is 0 Å². The second kappa shape index (κ2) is 24.5. The second-order valence-corrected chi connectivity index (χ2v) is 24.2. The van der Waals surface area contributed by atoms with Crippen LogP contribution in [-0.2, 0) is 0 Å². The Morgan fingerprint density at radius 3 is 0.433 bits per heavy atom. The first-order valence-electron chi connectivity index (χ1n) is 27.0. The Hall–Kier alpha value is 0. The molecule has 11 aliphatic rings. The summed E-state index contributed by atoms with van der Waals surface area (Å²) in [5.41, 5.74) is 6.19. The molecule has 0 aliphatic heterocycles. The summed E-state index contributed by atoms with van der Waals surface area (Å²) in [4.78, 5) is 0. The van der Waals surface area contributed by atoms with Crippen LogP contribution in [0.4, 0.5) is 0 Å². The Bertz CT molecular complexity index is 994. The van der Waals surface area contributed by atoms with Gasteiger partial charge in [-0.15, -0.1) is 0 Å². The van der Waals surface area contributed by atoms with Crippen LogP contribution in [0.5, 0.6) is 0 Å². The van der Waals surface area contributed by atoms with Gasteiger partial charge in [-0.05, 0) is 206 Å². The van der Waals surface area contributed by atoms with Gasteiger partial charge >= 0.3 is 0 Å². The molecule has 11 aliphatic carbocycles. The summed E-state index contributed by atoms with van der Waals surface area (Å²) < 4.78 is 0. The van der Waals surface area contributed by atoms with Crippen molar-refractivity contribution in [2.24, 2.45) is 90.7 Å². The Balaban J connectivity index is 0. The third-order valence-corrected chi connectivity index (χ3v) is 20.7. The first-order valence-corrected chi connectivity index (χ1v) is 27.0. The van der Waals surface area contributed by atoms with Gasteiger partial charge in [0.15, 0.2) is 0 Å². The predicted molar refractivity (Wildman–Crippen MR) is 280 cm³/mol. The highest BCUT2D eigenvalue weighted by atomic mass is 14.7. The summed E-state index contributed by atoms with van der Waals surface area (Å²) in [6, 6.07) is 0. The zero-order valence-electron chi connectivity index (χ0n) is 45.3. The number of rotatable bonds is 8. The van der Waals surface area contributed by atoms with Crippen LogP contribution < -0.4 is 0 Å². The van der Waals surface area contributed by atoms with Crippen molar-refractivity contribution in [2.45, 2.75) is 297 Å². The lowest BCUT2D eigenvalue weighted by molar-refractivity contribution is -0.252. The van der Waals surface area contributed by atoms with Crippen LogP contribution in [-0.4, -0.2) is 0 Å². The highest BCUT2D eigenvalue weighted by molar-refractivity contribution is 5.19. The van der Waals surface area contributed by atoms with Gasteiger partial charge in [-0.2, -0.15) is 0 Å². The molecule has 0 nitrogen and oxygen atoms in total. The molecule has 0 spiro atoms. The molecule has 0 heteroatoms. The fourth-order valence-electron chi connectivity index (χ4n) is 14.6. The van der Waals surface area contributed by atoms with E-state index in [1.165, 1.54) is 116 Å². The van der Waals surface area contributed by atoms with Crippen molar-refractivity contribution in [1.29, 1.82) is 0 Å². The molecule has 11 saturated carbocycles. The van der Waals surface area contributed by atoms with E-state index in [9.17, 15) is 0 Å². The maximum absolute atomic E-state index is 2.44. The summed E-state index contributed by atoms with van der Waals surface area (Å²) in [5, 5.41) is 0. The van der Waals surface area contributed by atoms with Crippen molar-refractivity contribution in [3.05, 3.63) is 0 Å². The third-order valence-electron chi connectivity index (χ3n) is 20.7. The normalized spacial score (nSPS) is 37.6. The van der Waals surface area contributed by atoms with Crippen LogP contribution in [0.25, 0.3) is 0 Å². The molecular weight excluding hydrogens is 721 g/mol. The van der Waals surface area contributed by atoms with Crippen LogP contribution in [0, 0.1) is 90.7 Å². The van der Waals surface area contributed by atoms with Crippen LogP contribution in [0.15, 0.2) is 0 Å². The molecule has 0 aromatic rings. The maximum atomic E-state index is 2.44. The summed E-state index contributed by atoms with van der Waals surface area (Å²) in [5.74, 6) is 7.36. The minimum absolute atomic E-state index is 0. The van der Waals surface area contributed by atoms with E-state index in [0.717, 1.165) is 90.7 Å². The second-order valence-electron chi connectivity index (χ2n) is 24.2. The molecule has 11 fully saturated rings. The van der Waals surface area contributed by atoms with Crippen molar-refractivity contribution in [2.75, 3.05) is 0 Å². The molecule has 8 bridgehead atoms. The van der Waals surface area contributed by atoms with Gasteiger partial charge in [0.25, 0.3) is 0 Å². The van der Waals surface area contributed by atoms with E-state index in [1.54, 1.807) is 0 Å². The van der Waals surface area contributed by atoms with Crippen molar-refractivity contribution >= 4 is 0 Å². The highest BCUT2D eigenvalue weighted by Gasteiger charge is 2.69. The van der Waals surface area contributed by atoms with Crippen molar-refractivity contribution < 1.29 is 0 Å². The zero-order chi connectivity index (χ0) is 45.3. The Morgan fingerprint density at radius 1 is 0.183 bits per heavy atom. The van der Waals surface area contributed by atoms with Crippen LogP contribution in [0.3, 0.4) is 0 Å². The Morgan fingerprint density at radius 2 is 0.300 bits per heavy atom. The van der Waals surface area contributed by atoms with E-state index in [2.05, 4.69) is 111 Å². The van der Waals surface area contributed by atoms with Crippen LogP contribution in [0.1, 0.15) is 297 Å². The van der Waals surface area contributed by atoms with Crippen LogP contribution in [0.2, 0.25) is 0 Å². The number of fused-ring (bicyclic) bond motifs is 6. The molecule has 0 unspecified atom stereocenters. The number of hydrogen-bond acceptors (Lipinski definition) is 0. The standard InChI is InChI=1S/C14H26.C13H24.C12H22.C11H20.4C2H6.2CH4/c1-11(2)13-5-8-14(9-6-13,10-7-13)12(3)4;1-10(2)12-5-7-13(9-12,8-6-12)11(3)4;1-9(2)11-5-6-12(7-11,8-11)10(3)4;1-8(2)10-5-11(6-10,7-10)9(3)4;4*1-2;;/h11-12H,5-10H2,1-4H3;10-11H,5-9H2,1-4H3;9-10H,5-8H2,1-4H3;8-9H,5-7H2,1-4H3;4*1-2H3;2*1H4. The monoisotopic (exact) mass is 845 g/mol. The average molecular weight is 846 g/mol. The van der Waals surface area contributed by atoms with Crippen LogP contribution >= 0.6 is 0 Å².